The predicted octanol–water partition coefficient (Wildman–Crippen LogP) is 0.917. The van der Waals surface area contributed by atoms with Crippen molar-refractivity contribution in [3.8, 4) is 0 Å². The van der Waals surface area contributed by atoms with Gasteiger partial charge in [-0.25, -0.2) is 9.79 Å². The fraction of sp³-hybridized carbons (Fsp3) is 0.533. The van der Waals surface area contributed by atoms with Gasteiger partial charge in [0.2, 0.25) is 5.91 Å². The fourth-order valence-corrected chi connectivity index (χ4v) is 3.05. The Morgan fingerprint density at radius 3 is 2.70 bits per heavy atom. The fourth-order valence-electron chi connectivity index (χ4n) is 2.16. The number of hydrogen-bond donors (Lipinski definition) is 3. The minimum Gasteiger partial charge on any atom is -0.357 e. The molecule has 1 aromatic heterocycles. The van der Waals surface area contributed by atoms with Crippen molar-refractivity contribution in [2.75, 3.05) is 26.2 Å². The summed E-state index contributed by atoms with van der Waals surface area (Å²) >= 11 is 1.77. The Balaban J connectivity index is 1.84. The standard InChI is InChI=1S/C15H23N5O2S/c1-3-11-5-6-12(23-11)9-18-14(16-4-2)17-7-8-20-13(21)10-19-15(20)22/h5-6H,3-4,7-10H2,1-2H3,(H,19,22)(H2,16,17,18). The first-order valence-electron chi connectivity index (χ1n) is 7.82. The van der Waals surface area contributed by atoms with Crippen LogP contribution in [0.3, 0.4) is 0 Å². The molecular weight excluding hydrogens is 314 g/mol. The molecule has 0 aliphatic carbocycles. The second-order valence-corrected chi connectivity index (χ2v) is 6.30. The first-order valence-corrected chi connectivity index (χ1v) is 8.63. The first kappa shape index (κ1) is 17.3. The van der Waals surface area contributed by atoms with Gasteiger partial charge in [-0.2, -0.15) is 0 Å². The maximum Gasteiger partial charge on any atom is 0.324 e. The van der Waals surface area contributed by atoms with Crippen molar-refractivity contribution >= 4 is 29.2 Å². The molecule has 0 bridgehead atoms. The zero-order valence-electron chi connectivity index (χ0n) is 13.5. The van der Waals surface area contributed by atoms with Crippen LogP contribution in [-0.2, 0) is 17.8 Å². The molecule has 3 N–H and O–H groups in total. The van der Waals surface area contributed by atoms with Crippen LogP contribution in [0.4, 0.5) is 4.79 Å². The van der Waals surface area contributed by atoms with Gasteiger partial charge in [0.25, 0.3) is 0 Å². The lowest BCUT2D eigenvalue weighted by Crippen LogP contribution is -2.43. The average molecular weight is 337 g/mol. The Morgan fingerprint density at radius 2 is 2.09 bits per heavy atom. The quantitative estimate of drug-likeness (QED) is 0.392. The highest BCUT2D eigenvalue weighted by atomic mass is 32.1. The van der Waals surface area contributed by atoms with Crippen molar-refractivity contribution in [1.82, 2.24) is 20.9 Å². The summed E-state index contributed by atoms with van der Waals surface area (Å²) in [6, 6.07) is 3.90. The number of imide groups is 1. The number of urea groups is 1. The number of amides is 3. The van der Waals surface area contributed by atoms with Crippen molar-refractivity contribution in [1.29, 1.82) is 0 Å². The third-order valence-electron chi connectivity index (χ3n) is 3.37. The monoisotopic (exact) mass is 337 g/mol. The van der Waals surface area contributed by atoms with Crippen molar-refractivity contribution in [2.45, 2.75) is 26.8 Å². The van der Waals surface area contributed by atoms with Gasteiger partial charge in [-0.05, 0) is 25.5 Å². The lowest BCUT2D eigenvalue weighted by atomic mass is 10.4. The molecule has 3 amide bonds. The Labute approximate surface area is 140 Å². The van der Waals surface area contributed by atoms with Crippen molar-refractivity contribution < 1.29 is 9.59 Å². The average Bonchev–Trinajstić information content (AvgIpc) is 3.13. The highest BCUT2D eigenvalue weighted by molar-refractivity contribution is 7.11. The zero-order valence-corrected chi connectivity index (χ0v) is 14.3. The molecule has 1 saturated heterocycles. The Bertz CT molecular complexity index is 568. The van der Waals surface area contributed by atoms with Crippen LogP contribution < -0.4 is 16.0 Å². The van der Waals surface area contributed by atoms with E-state index in [9.17, 15) is 9.59 Å². The van der Waals surface area contributed by atoms with Crippen molar-refractivity contribution in [3.05, 3.63) is 21.9 Å². The predicted molar refractivity (Wildman–Crippen MR) is 91.6 cm³/mol. The van der Waals surface area contributed by atoms with Crippen LogP contribution in [0.25, 0.3) is 0 Å². The molecule has 23 heavy (non-hydrogen) atoms. The van der Waals surface area contributed by atoms with E-state index in [2.05, 4.69) is 40.0 Å². The summed E-state index contributed by atoms with van der Waals surface area (Å²) in [5, 5.41) is 8.81. The van der Waals surface area contributed by atoms with E-state index in [0.717, 1.165) is 13.0 Å². The van der Waals surface area contributed by atoms with Gasteiger partial charge in [-0.1, -0.05) is 6.92 Å². The molecule has 7 nitrogen and oxygen atoms in total. The summed E-state index contributed by atoms with van der Waals surface area (Å²) in [5.41, 5.74) is 0. The minimum absolute atomic E-state index is 0.0884. The highest BCUT2D eigenvalue weighted by Gasteiger charge is 2.27. The smallest absolute Gasteiger partial charge is 0.324 e. The Morgan fingerprint density at radius 1 is 1.30 bits per heavy atom. The van der Waals surface area contributed by atoms with Crippen molar-refractivity contribution in [2.24, 2.45) is 4.99 Å². The number of hydrogen-bond acceptors (Lipinski definition) is 4. The number of thiophene rings is 1. The van der Waals surface area contributed by atoms with Crippen LogP contribution in [-0.4, -0.2) is 49.0 Å². The van der Waals surface area contributed by atoms with E-state index in [1.807, 2.05) is 6.92 Å². The van der Waals surface area contributed by atoms with Crippen molar-refractivity contribution in [3.63, 3.8) is 0 Å². The molecule has 1 aromatic rings. The summed E-state index contributed by atoms with van der Waals surface area (Å²) in [7, 11) is 0. The van der Waals surface area contributed by atoms with Gasteiger partial charge in [0, 0.05) is 29.4 Å². The van der Waals surface area contributed by atoms with Crippen LogP contribution in [0.15, 0.2) is 17.1 Å². The van der Waals surface area contributed by atoms with E-state index in [1.165, 1.54) is 14.7 Å². The zero-order chi connectivity index (χ0) is 16.7. The highest BCUT2D eigenvalue weighted by Crippen LogP contribution is 2.17. The van der Waals surface area contributed by atoms with Gasteiger partial charge in [-0.15, -0.1) is 11.3 Å². The van der Waals surface area contributed by atoms with Crippen LogP contribution in [0.5, 0.6) is 0 Å². The second-order valence-electron chi connectivity index (χ2n) is 5.05. The van der Waals surface area contributed by atoms with E-state index in [-0.39, 0.29) is 18.5 Å². The molecule has 1 fully saturated rings. The normalized spacial score (nSPS) is 15.0. The third-order valence-corrected chi connectivity index (χ3v) is 4.58. The van der Waals surface area contributed by atoms with E-state index >= 15 is 0 Å². The molecule has 0 unspecified atom stereocenters. The van der Waals surface area contributed by atoms with Crippen LogP contribution in [0.2, 0.25) is 0 Å². The molecule has 0 radical (unpaired) electrons. The van der Waals surface area contributed by atoms with Gasteiger partial charge < -0.3 is 16.0 Å². The molecule has 2 rings (SSSR count). The molecule has 8 heteroatoms. The number of guanidine groups is 1. The number of carbonyl (C=O) groups is 2. The second kappa shape index (κ2) is 8.52. The molecule has 0 spiro atoms. The molecule has 0 aromatic carbocycles. The molecular formula is C15H23N5O2S. The summed E-state index contributed by atoms with van der Waals surface area (Å²) < 4.78 is 0. The number of aryl methyl sites for hydroxylation is 1. The number of nitrogens with zero attached hydrogens (tertiary/aromatic N) is 2. The molecule has 0 saturated carbocycles. The molecule has 126 valence electrons. The maximum atomic E-state index is 11.5. The van der Waals surface area contributed by atoms with Gasteiger partial charge in [0.15, 0.2) is 5.96 Å². The summed E-state index contributed by atoms with van der Waals surface area (Å²) in [6.07, 6.45) is 1.04. The van der Waals surface area contributed by atoms with Gasteiger partial charge in [0.05, 0.1) is 13.1 Å². The summed E-state index contributed by atoms with van der Waals surface area (Å²) in [6.45, 7) is 6.38. The Kier molecular flexibility index (Phi) is 6.40. The van der Waals surface area contributed by atoms with E-state index in [4.69, 9.17) is 0 Å². The first-order chi connectivity index (χ1) is 11.1. The number of carbonyl (C=O) groups excluding carboxylic acids is 2. The summed E-state index contributed by atoms with van der Waals surface area (Å²) in [5.74, 6) is 0.496. The van der Waals surface area contributed by atoms with Gasteiger partial charge in [-0.3, -0.25) is 9.69 Å². The Hall–Kier alpha value is -2.09. The van der Waals surface area contributed by atoms with Gasteiger partial charge >= 0.3 is 6.03 Å². The maximum absolute atomic E-state index is 11.5. The van der Waals surface area contributed by atoms with Crippen LogP contribution in [0, 0.1) is 0 Å². The molecule has 0 atom stereocenters. The van der Waals surface area contributed by atoms with Crippen LogP contribution in [0.1, 0.15) is 23.6 Å². The number of aliphatic imine (C=N–C) groups is 1. The minimum atomic E-state index is -0.329. The molecule has 2 heterocycles. The van der Waals surface area contributed by atoms with Gasteiger partial charge in [0.1, 0.15) is 0 Å². The largest absolute Gasteiger partial charge is 0.357 e. The lowest BCUT2D eigenvalue weighted by molar-refractivity contribution is -0.124. The number of nitrogens with one attached hydrogen (secondary N) is 3. The molecule has 1 aliphatic heterocycles. The summed E-state index contributed by atoms with van der Waals surface area (Å²) in [4.78, 5) is 31.3. The van der Waals surface area contributed by atoms with E-state index in [1.54, 1.807) is 11.3 Å². The topological polar surface area (TPSA) is 85.8 Å². The lowest BCUT2D eigenvalue weighted by Gasteiger charge is -2.15. The van der Waals surface area contributed by atoms with E-state index < -0.39 is 0 Å². The third kappa shape index (κ3) is 4.95. The SMILES string of the molecule is CCNC(=NCc1ccc(CC)s1)NCCN1C(=O)CNC1=O. The van der Waals surface area contributed by atoms with Crippen LogP contribution >= 0.6 is 11.3 Å². The number of rotatable bonds is 7. The molecule has 1 aliphatic rings. The van der Waals surface area contributed by atoms with E-state index in [0.29, 0.717) is 25.6 Å².